The molecule has 0 aliphatic carbocycles. The summed E-state index contributed by atoms with van der Waals surface area (Å²) >= 11 is 5.78. The van der Waals surface area contributed by atoms with Crippen molar-refractivity contribution in [2.45, 2.75) is 6.42 Å². The molecule has 0 bridgehead atoms. The van der Waals surface area contributed by atoms with Crippen LogP contribution in [0.5, 0.6) is 0 Å². The topological polar surface area (TPSA) is 78.7 Å². The number of pyridine rings is 2. The van der Waals surface area contributed by atoms with Gasteiger partial charge in [-0.25, -0.2) is 14.4 Å². The molecule has 0 unspecified atom stereocenters. The van der Waals surface area contributed by atoms with Gasteiger partial charge in [0, 0.05) is 12.4 Å². The molecule has 2 aromatic heterocycles. The van der Waals surface area contributed by atoms with E-state index in [-0.39, 0.29) is 10.7 Å². The Labute approximate surface area is 154 Å². The molecule has 5 nitrogen and oxygen atoms in total. The highest BCUT2D eigenvalue weighted by Crippen LogP contribution is 2.18. The maximum Gasteiger partial charge on any atom is 0.275 e. The van der Waals surface area contributed by atoms with Crippen LogP contribution in [-0.4, -0.2) is 15.9 Å². The van der Waals surface area contributed by atoms with Gasteiger partial charge in [-0.05, 0) is 47.9 Å². The highest BCUT2D eigenvalue weighted by Gasteiger charge is 2.09. The van der Waals surface area contributed by atoms with Crippen LogP contribution >= 0.6 is 11.6 Å². The van der Waals surface area contributed by atoms with Crippen molar-refractivity contribution < 1.29 is 9.18 Å². The number of halogens is 2. The number of rotatable bonds is 4. The molecule has 0 fully saturated rings. The summed E-state index contributed by atoms with van der Waals surface area (Å²) in [5.41, 5.74) is 2.32. The summed E-state index contributed by atoms with van der Waals surface area (Å²) in [5.74, 6) is -0.495. The van der Waals surface area contributed by atoms with E-state index in [9.17, 15) is 9.18 Å². The molecule has 0 aliphatic heterocycles. The predicted molar refractivity (Wildman–Crippen MR) is 95.4 cm³/mol. The third-order valence-corrected chi connectivity index (χ3v) is 3.87. The molecule has 0 aliphatic rings. The van der Waals surface area contributed by atoms with E-state index < -0.39 is 11.7 Å². The number of nitrogens with one attached hydrogen (secondary N) is 1. The highest BCUT2D eigenvalue weighted by atomic mass is 35.5. The van der Waals surface area contributed by atoms with E-state index in [2.05, 4.69) is 15.3 Å². The number of anilines is 1. The van der Waals surface area contributed by atoms with Gasteiger partial charge in [0.15, 0.2) is 0 Å². The summed E-state index contributed by atoms with van der Waals surface area (Å²) in [6.07, 6.45) is 3.50. The first-order valence-corrected chi connectivity index (χ1v) is 7.99. The van der Waals surface area contributed by atoms with Crippen molar-refractivity contribution in [3.8, 4) is 6.07 Å². The van der Waals surface area contributed by atoms with Gasteiger partial charge in [0.1, 0.15) is 23.4 Å². The number of hydrogen-bond donors (Lipinski definition) is 1. The molecule has 3 rings (SSSR count). The van der Waals surface area contributed by atoms with E-state index in [1.54, 1.807) is 24.4 Å². The number of hydrogen-bond acceptors (Lipinski definition) is 4. The van der Waals surface area contributed by atoms with Crippen LogP contribution in [0, 0.1) is 17.1 Å². The van der Waals surface area contributed by atoms with E-state index in [0.717, 1.165) is 11.1 Å². The predicted octanol–water partition coefficient (Wildman–Crippen LogP) is 3.98. The summed E-state index contributed by atoms with van der Waals surface area (Å²) in [7, 11) is 0. The van der Waals surface area contributed by atoms with Crippen LogP contribution in [0.2, 0.25) is 5.02 Å². The number of carbonyl (C=O) groups excluding carboxylic acids is 1. The quantitative estimate of drug-likeness (QED) is 0.757. The van der Waals surface area contributed by atoms with Gasteiger partial charge in [-0.15, -0.1) is 0 Å². The van der Waals surface area contributed by atoms with Gasteiger partial charge in [0.25, 0.3) is 5.91 Å². The van der Waals surface area contributed by atoms with Crippen LogP contribution in [0.3, 0.4) is 0 Å². The van der Waals surface area contributed by atoms with Crippen LogP contribution in [0.25, 0.3) is 0 Å². The van der Waals surface area contributed by atoms with E-state index in [1.165, 1.54) is 24.4 Å². The second kappa shape index (κ2) is 7.72. The van der Waals surface area contributed by atoms with Crippen molar-refractivity contribution in [3.63, 3.8) is 0 Å². The lowest BCUT2D eigenvalue weighted by Gasteiger charge is -2.06. The number of benzene rings is 1. The van der Waals surface area contributed by atoms with Gasteiger partial charge in [-0.3, -0.25) is 4.79 Å². The van der Waals surface area contributed by atoms with Crippen molar-refractivity contribution in [2.24, 2.45) is 0 Å². The molecule has 0 atom stereocenters. The van der Waals surface area contributed by atoms with Crippen molar-refractivity contribution in [1.82, 2.24) is 9.97 Å². The Balaban J connectivity index is 1.66. The Bertz CT molecular complexity index is 982. The Kier molecular flexibility index (Phi) is 5.20. The van der Waals surface area contributed by atoms with Crippen molar-refractivity contribution >= 4 is 23.3 Å². The molecular formula is C19H12ClFN4O. The molecule has 0 saturated carbocycles. The number of aromatic nitrogens is 2. The largest absolute Gasteiger partial charge is 0.305 e. The molecule has 1 N–H and O–H groups in total. The Morgan fingerprint density at radius 3 is 2.54 bits per heavy atom. The molecule has 2 heterocycles. The molecule has 1 amide bonds. The summed E-state index contributed by atoms with van der Waals surface area (Å²) in [6, 6.07) is 13.0. The van der Waals surface area contributed by atoms with Crippen LogP contribution in [0.15, 0.2) is 54.9 Å². The minimum Gasteiger partial charge on any atom is -0.305 e. The van der Waals surface area contributed by atoms with Crippen LogP contribution in [0.4, 0.5) is 10.2 Å². The third kappa shape index (κ3) is 4.21. The fourth-order valence-corrected chi connectivity index (χ4v) is 2.47. The SMILES string of the molecule is N#Cc1ccc(C(=O)Nc2ccc(Cc3ccc(F)c(Cl)c3)cn2)nc1. The Morgan fingerprint density at radius 2 is 1.92 bits per heavy atom. The zero-order valence-electron chi connectivity index (χ0n) is 13.4. The first-order valence-electron chi connectivity index (χ1n) is 7.61. The first-order chi connectivity index (χ1) is 12.5. The number of nitriles is 1. The van der Waals surface area contributed by atoms with Crippen molar-refractivity contribution in [1.29, 1.82) is 5.26 Å². The summed E-state index contributed by atoms with van der Waals surface area (Å²) in [5, 5.41) is 11.5. The van der Waals surface area contributed by atoms with Gasteiger partial charge in [-0.1, -0.05) is 23.7 Å². The van der Waals surface area contributed by atoms with Gasteiger partial charge < -0.3 is 5.32 Å². The Hall–Kier alpha value is -3.30. The molecule has 0 saturated heterocycles. The average molecular weight is 367 g/mol. The summed E-state index contributed by atoms with van der Waals surface area (Å²) in [4.78, 5) is 20.2. The number of nitrogens with zero attached hydrogens (tertiary/aromatic N) is 3. The molecule has 3 aromatic rings. The van der Waals surface area contributed by atoms with E-state index in [0.29, 0.717) is 17.8 Å². The lowest BCUT2D eigenvalue weighted by atomic mass is 10.1. The van der Waals surface area contributed by atoms with Gasteiger partial charge in [-0.2, -0.15) is 5.26 Å². The monoisotopic (exact) mass is 366 g/mol. The highest BCUT2D eigenvalue weighted by molar-refractivity contribution is 6.30. The minimum absolute atomic E-state index is 0.0780. The zero-order chi connectivity index (χ0) is 18.5. The number of amides is 1. The molecule has 1 aromatic carbocycles. The van der Waals surface area contributed by atoms with Gasteiger partial charge in [0.2, 0.25) is 0 Å². The summed E-state index contributed by atoms with van der Waals surface area (Å²) < 4.78 is 13.2. The second-order valence-corrected chi connectivity index (χ2v) is 5.88. The molecular weight excluding hydrogens is 355 g/mol. The lowest BCUT2D eigenvalue weighted by molar-refractivity contribution is 0.102. The second-order valence-electron chi connectivity index (χ2n) is 5.47. The molecule has 26 heavy (non-hydrogen) atoms. The molecule has 0 radical (unpaired) electrons. The maximum absolute atomic E-state index is 13.2. The zero-order valence-corrected chi connectivity index (χ0v) is 14.2. The standard InChI is InChI=1S/C19H12ClFN4O/c20-15-8-12(1-4-16(15)21)7-13-3-6-18(24-10-13)25-19(26)17-5-2-14(9-22)11-23-17/h1-6,8,10-11H,7H2,(H,24,25,26). The van der Waals surface area contributed by atoms with E-state index in [4.69, 9.17) is 16.9 Å². The lowest BCUT2D eigenvalue weighted by Crippen LogP contribution is -2.14. The van der Waals surface area contributed by atoms with E-state index in [1.807, 2.05) is 12.1 Å². The molecule has 0 spiro atoms. The minimum atomic E-state index is -0.456. The normalized spacial score (nSPS) is 10.2. The average Bonchev–Trinajstić information content (AvgIpc) is 2.66. The van der Waals surface area contributed by atoms with Gasteiger partial charge in [0.05, 0.1) is 10.6 Å². The van der Waals surface area contributed by atoms with Gasteiger partial charge >= 0.3 is 0 Å². The Morgan fingerprint density at radius 1 is 1.12 bits per heavy atom. The van der Waals surface area contributed by atoms with Crippen LogP contribution in [-0.2, 0) is 6.42 Å². The number of carbonyl (C=O) groups is 1. The summed E-state index contributed by atoms with van der Waals surface area (Å²) in [6.45, 7) is 0. The molecule has 7 heteroatoms. The fraction of sp³-hybridized carbons (Fsp3) is 0.0526. The smallest absolute Gasteiger partial charge is 0.275 e. The molecule has 128 valence electrons. The third-order valence-electron chi connectivity index (χ3n) is 3.58. The fourth-order valence-electron chi connectivity index (χ4n) is 2.26. The van der Waals surface area contributed by atoms with E-state index >= 15 is 0 Å². The van der Waals surface area contributed by atoms with Crippen LogP contribution in [0.1, 0.15) is 27.2 Å². The first kappa shape index (κ1) is 17.5. The van der Waals surface area contributed by atoms with Crippen molar-refractivity contribution in [2.75, 3.05) is 5.32 Å². The van der Waals surface area contributed by atoms with Crippen molar-refractivity contribution in [3.05, 3.63) is 88.1 Å². The maximum atomic E-state index is 13.2. The van der Waals surface area contributed by atoms with Crippen LogP contribution < -0.4 is 5.32 Å².